The van der Waals surface area contributed by atoms with Gasteiger partial charge in [-0.1, -0.05) is 13.8 Å². The van der Waals surface area contributed by atoms with Crippen LogP contribution in [0, 0.1) is 5.92 Å². The van der Waals surface area contributed by atoms with Crippen LogP contribution in [0.4, 0.5) is 0 Å². The first-order valence-electron chi connectivity index (χ1n) is 3.78. The number of carbonyl (C=O) groups excluding carboxylic acids is 1. The van der Waals surface area contributed by atoms with Crippen molar-refractivity contribution in [2.75, 3.05) is 7.11 Å². The molecule has 0 radical (unpaired) electrons. The second kappa shape index (κ2) is 8.36. The molecule has 0 bridgehead atoms. The van der Waals surface area contributed by atoms with Gasteiger partial charge in [-0.15, -0.1) is 0 Å². The van der Waals surface area contributed by atoms with E-state index in [1.165, 1.54) is 0 Å². The summed E-state index contributed by atoms with van der Waals surface area (Å²) in [6.07, 6.45) is 0.678. The van der Waals surface area contributed by atoms with Crippen LogP contribution in [0.3, 0.4) is 0 Å². The van der Waals surface area contributed by atoms with Crippen LogP contribution < -0.4 is 5.73 Å². The number of hydrogen-bond acceptors (Lipinski definition) is 3. The van der Waals surface area contributed by atoms with Crippen molar-refractivity contribution in [2.45, 2.75) is 26.3 Å². The molecule has 0 aliphatic heterocycles. The van der Waals surface area contributed by atoms with Crippen molar-refractivity contribution in [1.82, 2.24) is 0 Å². The van der Waals surface area contributed by atoms with E-state index in [1.807, 2.05) is 13.8 Å². The van der Waals surface area contributed by atoms with Crippen LogP contribution in [0.2, 0.25) is 0 Å². The maximum absolute atomic E-state index is 10.7. The van der Waals surface area contributed by atoms with E-state index >= 15 is 0 Å². The minimum absolute atomic E-state index is 0.311. The van der Waals surface area contributed by atoms with Gasteiger partial charge in [0.25, 0.3) is 5.91 Å². The zero-order valence-corrected chi connectivity index (χ0v) is 7.95. The molecule has 0 aromatic heterocycles. The summed E-state index contributed by atoms with van der Waals surface area (Å²) in [7, 11) is 1.00. The van der Waals surface area contributed by atoms with Crippen molar-refractivity contribution in [3.63, 3.8) is 0 Å². The third-order valence-corrected chi connectivity index (χ3v) is 1.20. The molecule has 72 valence electrons. The number of amides is 1. The summed E-state index contributed by atoms with van der Waals surface area (Å²) in [5.74, 6) is 0.120. The van der Waals surface area contributed by atoms with Crippen LogP contribution in [-0.2, 0) is 4.79 Å². The first-order chi connectivity index (χ1) is 5.57. The molecule has 0 aromatic carbocycles. The summed E-state index contributed by atoms with van der Waals surface area (Å²) >= 11 is 0. The predicted molar refractivity (Wildman–Crippen MR) is 50.1 cm³/mol. The molecule has 12 heavy (non-hydrogen) atoms. The number of aliphatic hydroxyl groups is 1. The normalized spacial score (nSPS) is 11.5. The van der Waals surface area contributed by atoms with Crippen molar-refractivity contribution in [3.8, 4) is 0 Å². The summed E-state index contributed by atoms with van der Waals surface area (Å²) in [6, 6.07) is -0.461. The molecule has 0 rings (SSSR count). The van der Waals surface area contributed by atoms with E-state index in [0.29, 0.717) is 12.3 Å². The summed E-state index contributed by atoms with van der Waals surface area (Å²) in [5.41, 5.74) is 5.45. The maximum Gasteiger partial charge on any atom is 0.261 e. The molecule has 3 N–H and O–H groups in total. The lowest BCUT2D eigenvalue weighted by Crippen LogP contribution is -2.30. The van der Waals surface area contributed by atoms with Gasteiger partial charge in [-0.05, 0) is 19.1 Å². The highest BCUT2D eigenvalue weighted by molar-refractivity contribution is 5.85. The molecule has 0 saturated carbocycles. The second-order valence-electron chi connectivity index (χ2n) is 2.73. The third kappa shape index (κ3) is 7.37. The van der Waals surface area contributed by atoms with Gasteiger partial charge in [-0.25, -0.2) is 4.99 Å². The van der Waals surface area contributed by atoms with E-state index in [1.54, 1.807) is 0 Å². The molecule has 1 atom stereocenters. The van der Waals surface area contributed by atoms with Crippen molar-refractivity contribution >= 4 is 12.6 Å². The van der Waals surface area contributed by atoms with E-state index < -0.39 is 6.04 Å². The minimum Gasteiger partial charge on any atom is -0.400 e. The molecule has 0 aromatic rings. The van der Waals surface area contributed by atoms with E-state index in [0.717, 1.165) is 7.11 Å². The predicted octanol–water partition coefficient (Wildman–Crippen LogP) is 0.195. The van der Waals surface area contributed by atoms with Gasteiger partial charge in [0.2, 0.25) is 0 Å². The molecule has 0 heterocycles. The highest BCUT2D eigenvalue weighted by Gasteiger charge is 2.12. The maximum atomic E-state index is 10.7. The van der Waals surface area contributed by atoms with Gasteiger partial charge in [0.1, 0.15) is 0 Å². The van der Waals surface area contributed by atoms with Gasteiger partial charge >= 0.3 is 0 Å². The Morgan fingerprint density at radius 1 is 1.58 bits per heavy atom. The van der Waals surface area contributed by atoms with Crippen LogP contribution in [0.1, 0.15) is 20.3 Å². The smallest absolute Gasteiger partial charge is 0.261 e. The molecule has 1 amide bonds. The summed E-state index contributed by atoms with van der Waals surface area (Å²) in [6.45, 7) is 7.13. The summed E-state index contributed by atoms with van der Waals surface area (Å²) < 4.78 is 0. The fourth-order valence-electron chi connectivity index (χ4n) is 0.726. The highest BCUT2D eigenvalue weighted by Crippen LogP contribution is 2.02. The van der Waals surface area contributed by atoms with Gasteiger partial charge < -0.3 is 10.8 Å². The van der Waals surface area contributed by atoms with Gasteiger partial charge in [0, 0.05) is 7.11 Å². The molecule has 0 aliphatic carbocycles. The number of aliphatic imine (C=N–C) groups is 1. The lowest BCUT2D eigenvalue weighted by Gasteiger charge is -2.08. The number of nitrogens with zero attached hydrogens (tertiary/aromatic N) is 1. The Hall–Kier alpha value is -0.740. The molecular weight excluding hydrogens is 156 g/mol. The monoisotopic (exact) mass is 174 g/mol. The van der Waals surface area contributed by atoms with Gasteiger partial charge in [-0.3, -0.25) is 4.79 Å². The van der Waals surface area contributed by atoms with Crippen molar-refractivity contribution < 1.29 is 9.90 Å². The number of rotatable bonds is 3. The minimum atomic E-state index is -0.461. The molecule has 0 aliphatic rings. The molecular formula is C8H18N2O2. The van der Waals surface area contributed by atoms with Gasteiger partial charge in [-0.2, -0.15) is 0 Å². The Kier molecular flexibility index (Phi) is 9.63. The average Bonchev–Trinajstić information content (AvgIpc) is 2.05. The number of hydrogen-bond donors (Lipinski definition) is 2. The lowest BCUT2D eigenvalue weighted by molar-refractivity contribution is -0.119. The van der Waals surface area contributed by atoms with E-state index in [9.17, 15) is 4.79 Å². The highest BCUT2D eigenvalue weighted by atomic mass is 16.2. The molecule has 0 saturated heterocycles. The fourth-order valence-corrected chi connectivity index (χ4v) is 0.726. The Morgan fingerprint density at radius 3 is 2.25 bits per heavy atom. The van der Waals surface area contributed by atoms with Gasteiger partial charge in [0.05, 0.1) is 6.04 Å². The Morgan fingerprint density at radius 2 is 2.00 bits per heavy atom. The number of carbonyl (C=O) groups is 1. The van der Waals surface area contributed by atoms with Crippen molar-refractivity contribution in [1.29, 1.82) is 0 Å². The fraction of sp³-hybridized carbons (Fsp3) is 0.750. The van der Waals surface area contributed by atoms with Crippen LogP contribution in [0.15, 0.2) is 4.99 Å². The van der Waals surface area contributed by atoms with Crippen LogP contribution in [0.5, 0.6) is 0 Å². The standard InChI is InChI=1S/C7H14N2O.CH4O/c1-5(2)4-6(8)7(10)9-3;1-2/h5-6H,3-4,8H2,1-2H3;2H,1H3/t6-;/m0./s1. The molecule has 4 nitrogen and oxygen atoms in total. The molecule has 0 unspecified atom stereocenters. The number of aliphatic hydroxyl groups excluding tert-OH is 1. The Bertz CT molecular complexity index is 135. The first kappa shape index (κ1) is 13.8. The first-order valence-corrected chi connectivity index (χ1v) is 3.78. The van der Waals surface area contributed by atoms with Crippen molar-refractivity contribution in [2.24, 2.45) is 16.6 Å². The quantitative estimate of drug-likeness (QED) is 0.600. The van der Waals surface area contributed by atoms with Crippen LogP contribution >= 0.6 is 0 Å². The zero-order valence-electron chi connectivity index (χ0n) is 7.95. The summed E-state index contributed by atoms with van der Waals surface area (Å²) in [4.78, 5) is 13.9. The van der Waals surface area contributed by atoms with E-state index in [2.05, 4.69) is 11.7 Å². The largest absolute Gasteiger partial charge is 0.400 e. The zero-order chi connectivity index (χ0) is 10.1. The summed E-state index contributed by atoms with van der Waals surface area (Å²) in [5, 5.41) is 7.00. The SMILES string of the molecule is C=NC(=O)[C@@H](N)CC(C)C.CO. The van der Waals surface area contributed by atoms with E-state index in [4.69, 9.17) is 10.8 Å². The van der Waals surface area contributed by atoms with Gasteiger partial charge in [0.15, 0.2) is 0 Å². The topological polar surface area (TPSA) is 75.7 Å². The van der Waals surface area contributed by atoms with Crippen LogP contribution in [-0.4, -0.2) is 30.9 Å². The second-order valence-corrected chi connectivity index (χ2v) is 2.73. The average molecular weight is 174 g/mol. The Labute approximate surface area is 73.5 Å². The number of nitrogens with two attached hydrogens (primary N) is 1. The third-order valence-electron chi connectivity index (χ3n) is 1.20. The molecule has 0 spiro atoms. The Balaban J connectivity index is 0. The molecule has 0 fully saturated rings. The van der Waals surface area contributed by atoms with E-state index in [-0.39, 0.29) is 5.91 Å². The lowest BCUT2D eigenvalue weighted by atomic mass is 10.0. The van der Waals surface area contributed by atoms with Crippen molar-refractivity contribution in [3.05, 3.63) is 0 Å². The van der Waals surface area contributed by atoms with Crippen LogP contribution in [0.25, 0.3) is 0 Å². The molecule has 4 heteroatoms.